The smallest absolute Gasteiger partial charge is 0.257 e. The lowest BCUT2D eigenvalue weighted by Gasteiger charge is -2.32. The molecule has 0 aliphatic carbocycles. The van der Waals surface area contributed by atoms with Gasteiger partial charge in [0.05, 0.1) is 12.4 Å². The first-order valence-corrected chi connectivity index (χ1v) is 11.9. The van der Waals surface area contributed by atoms with Gasteiger partial charge in [-0.2, -0.15) is 4.98 Å². The lowest BCUT2D eigenvalue weighted by Crippen LogP contribution is -2.38. The predicted molar refractivity (Wildman–Crippen MR) is 125 cm³/mol. The number of hydrogen-bond donors (Lipinski definition) is 0. The van der Waals surface area contributed by atoms with Crippen LogP contribution in [-0.4, -0.2) is 49.5 Å². The second kappa shape index (κ2) is 9.86. The molecule has 1 fully saturated rings. The van der Waals surface area contributed by atoms with Crippen LogP contribution >= 0.6 is 11.8 Å². The molecule has 170 valence electrons. The van der Waals surface area contributed by atoms with E-state index in [1.54, 1.807) is 0 Å². The van der Waals surface area contributed by atoms with Crippen LogP contribution < -0.4 is 0 Å². The molecule has 3 heterocycles. The average Bonchev–Trinajstić information content (AvgIpc) is 3.45. The Morgan fingerprint density at radius 1 is 1.09 bits per heavy atom. The number of nitrogens with zero attached hydrogens (tertiary/aromatic N) is 6. The van der Waals surface area contributed by atoms with Crippen molar-refractivity contribution in [3.63, 3.8) is 0 Å². The monoisotopic (exact) mass is 462 g/mol. The van der Waals surface area contributed by atoms with Gasteiger partial charge in [-0.25, -0.2) is 0 Å². The predicted octanol–water partition coefficient (Wildman–Crippen LogP) is 4.04. The second-order valence-electron chi connectivity index (χ2n) is 8.15. The van der Waals surface area contributed by atoms with Crippen molar-refractivity contribution in [1.82, 2.24) is 29.8 Å². The first-order valence-electron chi connectivity index (χ1n) is 11.0. The van der Waals surface area contributed by atoms with Gasteiger partial charge in [-0.05, 0) is 24.6 Å². The zero-order chi connectivity index (χ0) is 22.6. The number of ether oxygens (including phenoxy) is 1. The molecule has 0 amide bonds. The maximum absolute atomic E-state index is 6.04. The first-order chi connectivity index (χ1) is 16.2. The molecule has 2 aromatic carbocycles. The molecule has 1 saturated heterocycles. The van der Waals surface area contributed by atoms with Crippen molar-refractivity contribution in [1.29, 1.82) is 0 Å². The molecule has 4 aromatic rings. The van der Waals surface area contributed by atoms with Crippen molar-refractivity contribution >= 4 is 11.8 Å². The summed E-state index contributed by atoms with van der Waals surface area (Å²) in [7, 11) is 1.98. The minimum Gasteiger partial charge on any atom is -0.368 e. The molecule has 0 N–H and O–H groups in total. The fourth-order valence-electron chi connectivity index (χ4n) is 3.91. The zero-order valence-corrected chi connectivity index (χ0v) is 19.5. The lowest BCUT2D eigenvalue weighted by molar-refractivity contribution is -0.0387. The highest BCUT2D eigenvalue weighted by atomic mass is 32.2. The Morgan fingerprint density at radius 3 is 2.82 bits per heavy atom. The Balaban J connectivity index is 1.21. The summed E-state index contributed by atoms with van der Waals surface area (Å²) in [6.07, 6.45) is -0.104. The molecule has 0 bridgehead atoms. The molecule has 1 atom stereocenters. The highest BCUT2D eigenvalue weighted by molar-refractivity contribution is 7.98. The fraction of sp³-hybridized carbons (Fsp3) is 0.333. The van der Waals surface area contributed by atoms with Crippen LogP contribution in [0.4, 0.5) is 0 Å². The number of morpholine rings is 1. The number of aromatic nitrogens is 5. The van der Waals surface area contributed by atoms with Crippen LogP contribution in [0.3, 0.4) is 0 Å². The zero-order valence-electron chi connectivity index (χ0n) is 18.7. The third-order valence-corrected chi connectivity index (χ3v) is 6.64. The van der Waals surface area contributed by atoms with Crippen molar-refractivity contribution in [2.24, 2.45) is 7.05 Å². The maximum atomic E-state index is 6.04. The standard InChI is InChI=1S/C24H26N6O2S/c1-17-7-6-10-19(13-17)23-25-21(28-32-23)16-33-24-27-26-22(29(24)2)20-15-30(11-12-31-20)14-18-8-4-3-5-9-18/h3-10,13,20H,11-12,14-16H2,1-2H3. The summed E-state index contributed by atoms with van der Waals surface area (Å²) < 4.78 is 13.5. The minimum absolute atomic E-state index is 0.104. The number of hydrogen-bond acceptors (Lipinski definition) is 8. The summed E-state index contributed by atoms with van der Waals surface area (Å²) in [5.41, 5.74) is 3.38. The van der Waals surface area contributed by atoms with Crippen molar-refractivity contribution in [3.05, 3.63) is 77.4 Å². The molecule has 33 heavy (non-hydrogen) atoms. The summed E-state index contributed by atoms with van der Waals surface area (Å²) in [5.74, 6) is 2.54. The van der Waals surface area contributed by atoms with Crippen LogP contribution in [0.5, 0.6) is 0 Å². The summed E-state index contributed by atoms with van der Waals surface area (Å²) in [5, 5.41) is 13.7. The van der Waals surface area contributed by atoms with Crippen LogP contribution in [0.1, 0.15) is 28.9 Å². The van der Waals surface area contributed by atoms with Crippen molar-refractivity contribution in [2.45, 2.75) is 30.5 Å². The minimum atomic E-state index is -0.104. The van der Waals surface area contributed by atoms with E-state index in [2.05, 4.69) is 49.5 Å². The van der Waals surface area contributed by atoms with Crippen LogP contribution in [0, 0.1) is 6.92 Å². The summed E-state index contributed by atoms with van der Waals surface area (Å²) in [4.78, 5) is 6.93. The van der Waals surface area contributed by atoms with Gasteiger partial charge < -0.3 is 13.8 Å². The molecule has 5 rings (SSSR count). The summed E-state index contributed by atoms with van der Waals surface area (Å²) >= 11 is 1.54. The van der Waals surface area contributed by atoms with E-state index in [1.807, 2.05) is 48.9 Å². The Morgan fingerprint density at radius 2 is 1.97 bits per heavy atom. The Bertz CT molecular complexity index is 1210. The third kappa shape index (κ3) is 5.16. The molecule has 0 spiro atoms. The summed E-state index contributed by atoms with van der Waals surface area (Å²) in [6, 6.07) is 18.5. The van der Waals surface area contributed by atoms with E-state index < -0.39 is 0 Å². The normalized spacial score (nSPS) is 16.8. The second-order valence-corrected chi connectivity index (χ2v) is 9.10. The van der Waals surface area contributed by atoms with E-state index in [0.717, 1.165) is 41.7 Å². The van der Waals surface area contributed by atoms with Gasteiger partial charge in [0.15, 0.2) is 16.8 Å². The van der Waals surface area contributed by atoms with Gasteiger partial charge in [-0.3, -0.25) is 4.90 Å². The van der Waals surface area contributed by atoms with Gasteiger partial charge in [-0.1, -0.05) is 64.9 Å². The highest BCUT2D eigenvalue weighted by Crippen LogP contribution is 2.27. The Labute approximate surface area is 197 Å². The molecule has 1 unspecified atom stereocenters. The van der Waals surface area contributed by atoms with Crippen molar-refractivity contribution < 1.29 is 9.26 Å². The van der Waals surface area contributed by atoms with Crippen molar-refractivity contribution in [2.75, 3.05) is 19.7 Å². The van der Waals surface area contributed by atoms with E-state index >= 15 is 0 Å². The number of thioether (sulfide) groups is 1. The molecule has 0 saturated carbocycles. The molecule has 8 nitrogen and oxygen atoms in total. The van der Waals surface area contributed by atoms with Gasteiger partial charge in [0.2, 0.25) is 0 Å². The van der Waals surface area contributed by atoms with Gasteiger partial charge in [0.1, 0.15) is 6.10 Å². The SMILES string of the molecule is Cc1cccc(-c2nc(CSc3nnc(C4CN(Cc5ccccc5)CCO4)n3C)no2)c1. The van der Waals surface area contributed by atoms with E-state index in [4.69, 9.17) is 9.26 Å². The van der Waals surface area contributed by atoms with E-state index in [0.29, 0.717) is 24.1 Å². The van der Waals surface area contributed by atoms with Crippen LogP contribution in [-0.2, 0) is 24.1 Å². The Hall–Kier alpha value is -3.01. The largest absolute Gasteiger partial charge is 0.368 e. The van der Waals surface area contributed by atoms with E-state index in [1.165, 1.54) is 17.3 Å². The third-order valence-electron chi connectivity index (χ3n) is 5.62. The number of benzene rings is 2. The van der Waals surface area contributed by atoms with E-state index in [9.17, 15) is 0 Å². The molecule has 1 aliphatic rings. The van der Waals surface area contributed by atoms with Crippen LogP contribution in [0.15, 0.2) is 64.3 Å². The number of rotatable bonds is 7. The molecular weight excluding hydrogens is 436 g/mol. The summed E-state index contributed by atoms with van der Waals surface area (Å²) in [6.45, 7) is 5.32. The van der Waals surface area contributed by atoms with Crippen LogP contribution in [0.25, 0.3) is 11.5 Å². The van der Waals surface area contributed by atoms with Gasteiger partial charge in [-0.15, -0.1) is 10.2 Å². The van der Waals surface area contributed by atoms with Crippen LogP contribution in [0.2, 0.25) is 0 Å². The highest BCUT2D eigenvalue weighted by Gasteiger charge is 2.27. The Kier molecular flexibility index (Phi) is 6.52. The molecule has 1 aliphatic heterocycles. The maximum Gasteiger partial charge on any atom is 0.257 e. The molecule has 0 radical (unpaired) electrons. The van der Waals surface area contributed by atoms with Gasteiger partial charge in [0.25, 0.3) is 5.89 Å². The van der Waals surface area contributed by atoms with Gasteiger partial charge >= 0.3 is 0 Å². The first kappa shape index (κ1) is 21.8. The molecule has 2 aromatic heterocycles. The number of aryl methyl sites for hydroxylation is 1. The van der Waals surface area contributed by atoms with Gasteiger partial charge in [0, 0.05) is 32.2 Å². The fourth-order valence-corrected chi connectivity index (χ4v) is 4.67. The van der Waals surface area contributed by atoms with Crippen molar-refractivity contribution in [3.8, 4) is 11.5 Å². The lowest BCUT2D eigenvalue weighted by atomic mass is 10.1. The van der Waals surface area contributed by atoms with E-state index in [-0.39, 0.29) is 6.10 Å². The average molecular weight is 463 g/mol. The topological polar surface area (TPSA) is 82.1 Å². The molecule has 9 heteroatoms. The quantitative estimate of drug-likeness (QED) is 0.381. The molecular formula is C24H26N6O2S.